The van der Waals surface area contributed by atoms with Crippen molar-refractivity contribution >= 4 is 23.7 Å². The molecule has 0 atom stereocenters. The summed E-state index contributed by atoms with van der Waals surface area (Å²) in [5.74, 6) is -1.71. The molecule has 2 aromatic rings. The summed E-state index contributed by atoms with van der Waals surface area (Å²) in [5.41, 5.74) is 0.491. The molecule has 5 heteroatoms. The van der Waals surface area contributed by atoms with E-state index in [4.69, 9.17) is 4.74 Å². The zero-order valence-corrected chi connectivity index (χ0v) is 11.5. The van der Waals surface area contributed by atoms with Crippen LogP contribution in [0.3, 0.4) is 0 Å². The summed E-state index contributed by atoms with van der Waals surface area (Å²) in [6, 6.07) is 13.4. The number of hydrogen-bond acceptors (Lipinski definition) is 5. The largest absolute Gasteiger partial charge is 0.545 e. The number of carboxylic acids is 1. The number of carbonyl (C=O) groups excluding carboxylic acids is 2. The fraction of sp³-hybridized carbons (Fsp3) is 0.0667. The standard InChI is InChI=1S/C15H12O4S/c1-19-15(18)11-7-3-5-9-13(11)20-12-8-4-2-6-10(12)14(16)17/h2-9H,1H3,(H,16,17)/p-1. The predicted octanol–water partition coefficient (Wildman–Crippen LogP) is 1.99. The molecule has 102 valence electrons. The topological polar surface area (TPSA) is 66.4 Å². The van der Waals surface area contributed by atoms with E-state index < -0.39 is 11.9 Å². The van der Waals surface area contributed by atoms with Gasteiger partial charge in [-0.05, 0) is 18.2 Å². The SMILES string of the molecule is COC(=O)c1ccccc1Sc1ccccc1C(=O)[O-]. The van der Waals surface area contributed by atoms with Crippen LogP contribution < -0.4 is 5.11 Å². The number of esters is 1. The van der Waals surface area contributed by atoms with Crippen molar-refractivity contribution in [2.24, 2.45) is 0 Å². The number of ether oxygens (including phenoxy) is 1. The van der Waals surface area contributed by atoms with E-state index in [1.807, 2.05) is 0 Å². The van der Waals surface area contributed by atoms with Crippen LogP contribution in [0.15, 0.2) is 58.3 Å². The first-order chi connectivity index (χ1) is 9.63. The fourth-order valence-corrected chi connectivity index (χ4v) is 2.73. The van der Waals surface area contributed by atoms with Gasteiger partial charge in [-0.3, -0.25) is 0 Å². The summed E-state index contributed by atoms with van der Waals surface area (Å²) in [6.07, 6.45) is 0. The monoisotopic (exact) mass is 287 g/mol. The van der Waals surface area contributed by atoms with E-state index in [1.165, 1.54) is 24.9 Å². The van der Waals surface area contributed by atoms with E-state index in [2.05, 4.69) is 0 Å². The van der Waals surface area contributed by atoms with Crippen molar-refractivity contribution in [1.82, 2.24) is 0 Å². The molecule has 2 aromatic carbocycles. The van der Waals surface area contributed by atoms with Crippen LogP contribution in [0.4, 0.5) is 0 Å². The molecule has 0 radical (unpaired) electrons. The lowest BCUT2D eigenvalue weighted by Gasteiger charge is -2.11. The van der Waals surface area contributed by atoms with E-state index in [1.54, 1.807) is 42.5 Å². The molecule has 0 fully saturated rings. The van der Waals surface area contributed by atoms with Gasteiger partial charge in [-0.25, -0.2) is 4.79 Å². The number of hydrogen-bond donors (Lipinski definition) is 0. The van der Waals surface area contributed by atoms with Gasteiger partial charge in [0.25, 0.3) is 0 Å². The van der Waals surface area contributed by atoms with Crippen LogP contribution >= 0.6 is 11.8 Å². The molecule has 0 amide bonds. The van der Waals surface area contributed by atoms with E-state index in [0.717, 1.165) is 0 Å². The molecule has 2 rings (SSSR count). The van der Waals surface area contributed by atoms with Crippen LogP contribution in [-0.2, 0) is 4.74 Å². The molecule has 4 nitrogen and oxygen atoms in total. The van der Waals surface area contributed by atoms with Crippen LogP contribution in [0.25, 0.3) is 0 Å². The third kappa shape index (κ3) is 3.00. The second-order valence-electron chi connectivity index (χ2n) is 3.87. The first kappa shape index (κ1) is 14.1. The Bertz CT molecular complexity index is 652. The van der Waals surface area contributed by atoms with Gasteiger partial charge in [0, 0.05) is 15.4 Å². The van der Waals surface area contributed by atoms with Crippen molar-refractivity contribution < 1.29 is 19.4 Å². The lowest BCUT2D eigenvalue weighted by molar-refractivity contribution is -0.255. The van der Waals surface area contributed by atoms with E-state index >= 15 is 0 Å². The Balaban J connectivity index is 2.41. The number of carbonyl (C=O) groups is 2. The molecule has 0 saturated carbocycles. The summed E-state index contributed by atoms with van der Waals surface area (Å²) in [5, 5.41) is 11.1. The Morgan fingerprint density at radius 2 is 1.45 bits per heavy atom. The molecule has 0 unspecified atom stereocenters. The second kappa shape index (κ2) is 6.25. The van der Waals surface area contributed by atoms with E-state index in [9.17, 15) is 14.7 Å². The van der Waals surface area contributed by atoms with Gasteiger partial charge in [0.1, 0.15) is 0 Å². The van der Waals surface area contributed by atoms with Gasteiger partial charge in [-0.2, -0.15) is 0 Å². The second-order valence-corrected chi connectivity index (χ2v) is 4.96. The Hall–Kier alpha value is -2.27. The van der Waals surface area contributed by atoms with Crippen LogP contribution in [0, 0.1) is 0 Å². The molecular formula is C15H11O4S-. The maximum absolute atomic E-state index is 11.7. The molecular weight excluding hydrogens is 276 g/mol. The van der Waals surface area contributed by atoms with Crippen molar-refractivity contribution in [3.8, 4) is 0 Å². The number of benzene rings is 2. The maximum atomic E-state index is 11.7. The van der Waals surface area contributed by atoms with Gasteiger partial charge < -0.3 is 14.6 Å². The highest BCUT2D eigenvalue weighted by molar-refractivity contribution is 7.99. The van der Waals surface area contributed by atoms with Crippen LogP contribution in [-0.4, -0.2) is 19.0 Å². The van der Waals surface area contributed by atoms with Crippen molar-refractivity contribution in [2.75, 3.05) is 7.11 Å². The van der Waals surface area contributed by atoms with Crippen molar-refractivity contribution in [1.29, 1.82) is 0 Å². The van der Waals surface area contributed by atoms with Crippen molar-refractivity contribution in [3.63, 3.8) is 0 Å². The normalized spacial score (nSPS) is 10.1. The first-order valence-electron chi connectivity index (χ1n) is 5.79. The van der Waals surface area contributed by atoms with Gasteiger partial charge in [0.15, 0.2) is 0 Å². The minimum atomic E-state index is -1.25. The minimum Gasteiger partial charge on any atom is -0.545 e. The molecule has 0 heterocycles. The first-order valence-corrected chi connectivity index (χ1v) is 6.60. The Morgan fingerprint density at radius 1 is 0.950 bits per heavy atom. The van der Waals surface area contributed by atoms with Crippen LogP contribution in [0.1, 0.15) is 20.7 Å². The smallest absolute Gasteiger partial charge is 0.339 e. The van der Waals surface area contributed by atoms with Crippen LogP contribution in [0.2, 0.25) is 0 Å². The molecule has 0 spiro atoms. The highest BCUT2D eigenvalue weighted by Crippen LogP contribution is 2.32. The number of methoxy groups -OCH3 is 1. The highest BCUT2D eigenvalue weighted by Gasteiger charge is 2.13. The molecule has 0 saturated heterocycles. The van der Waals surface area contributed by atoms with Crippen molar-refractivity contribution in [2.45, 2.75) is 9.79 Å². The summed E-state index contributed by atoms with van der Waals surface area (Å²) in [6.45, 7) is 0. The van der Waals surface area contributed by atoms with Gasteiger partial charge in [0.2, 0.25) is 0 Å². The lowest BCUT2D eigenvalue weighted by atomic mass is 10.2. The molecule has 0 aliphatic rings. The molecule has 0 aliphatic carbocycles. The fourth-order valence-electron chi connectivity index (χ4n) is 1.68. The lowest BCUT2D eigenvalue weighted by Crippen LogP contribution is -2.22. The average Bonchev–Trinajstić information content (AvgIpc) is 2.47. The number of carboxylic acid groups (broad SMARTS) is 1. The van der Waals surface area contributed by atoms with Gasteiger partial charge >= 0.3 is 5.97 Å². The zero-order chi connectivity index (χ0) is 14.5. The summed E-state index contributed by atoms with van der Waals surface area (Å²) >= 11 is 1.19. The summed E-state index contributed by atoms with van der Waals surface area (Å²) in [4.78, 5) is 23.9. The third-order valence-corrected chi connectivity index (χ3v) is 3.77. The Kier molecular flexibility index (Phi) is 4.42. The number of rotatable bonds is 4. The molecule has 0 bridgehead atoms. The van der Waals surface area contributed by atoms with Crippen LogP contribution in [0.5, 0.6) is 0 Å². The van der Waals surface area contributed by atoms with Gasteiger partial charge in [0.05, 0.1) is 18.6 Å². The van der Waals surface area contributed by atoms with Gasteiger partial charge in [-0.15, -0.1) is 0 Å². The van der Waals surface area contributed by atoms with E-state index in [0.29, 0.717) is 15.4 Å². The van der Waals surface area contributed by atoms with Gasteiger partial charge in [-0.1, -0.05) is 42.1 Å². The molecule has 0 N–H and O–H groups in total. The van der Waals surface area contributed by atoms with E-state index in [-0.39, 0.29) is 5.56 Å². The Labute approximate surface area is 120 Å². The Morgan fingerprint density at radius 3 is 2.00 bits per heavy atom. The molecule has 0 aliphatic heterocycles. The maximum Gasteiger partial charge on any atom is 0.339 e. The summed E-state index contributed by atoms with van der Waals surface area (Å²) < 4.78 is 4.71. The molecule has 20 heavy (non-hydrogen) atoms. The quantitative estimate of drug-likeness (QED) is 0.804. The van der Waals surface area contributed by atoms with Crippen molar-refractivity contribution in [3.05, 3.63) is 59.7 Å². The average molecular weight is 287 g/mol. The number of aromatic carboxylic acids is 1. The highest BCUT2D eigenvalue weighted by atomic mass is 32.2. The minimum absolute atomic E-state index is 0.0946. The predicted molar refractivity (Wildman–Crippen MR) is 72.7 cm³/mol. The zero-order valence-electron chi connectivity index (χ0n) is 10.7. The third-order valence-electron chi connectivity index (χ3n) is 2.62. The molecule has 0 aromatic heterocycles. The summed E-state index contributed by atoms with van der Waals surface area (Å²) in [7, 11) is 1.30.